The van der Waals surface area contributed by atoms with Crippen LogP contribution in [0.25, 0.3) is 5.78 Å². The quantitative estimate of drug-likeness (QED) is 0.579. The second kappa shape index (κ2) is 7.61. The van der Waals surface area contributed by atoms with Crippen molar-refractivity contribution in [1.82, 2.24) is 18.9 Å². The zero-order chi connectivity index (χ0) is 24.5. The van der Waals surface area contributed by atoms with Crippen molar-refractivity contribution in [2.45, 2.75) is 75.8 Å². The van der Waals surface area contributed by atoms with Gasteiger partial charge in [0.1, 0.15) is 17.4 Å². The highest BCUT2D eigenvalue weighted by molar-refractivity contribution is 6.05. The summed E-state index contributed by atoms with van der Waals surface area (Å²) < 4.78 is 28.5. The molecule has 2 saturated carbocycles. The number of amides is 1. The lowest BCUT2D eigenvalue weighted by atomic mass is 9.84. The molecule has 0 aromatic carbocycles. The van der Waals surface area contributed by atoms with E-state index >= 15 is 0 Å². The Hall–Kier alpha value is -3.27. The van der Waals surface area contributed by atoms with Crippen LogP contribution >= 0.6 is 0 Å². The molecule has 4 heterocycles. The highest BCUT2D eigenvalue weighted by Gasteiger charge is 2.55. The number of imidazole rings is 1. The lowest BCUT2D eigenvalue weighted by molar-refractivity contribution is -0.00627. The minimum Gasteiger partial charge on any atom is -0.474 e. The van der Waals surface area contributed by atoms with Gasteiger partial charge in [0.2, 0.25) is 11.7 Å². The molecule has 0 unspecified atom stereocenters. The van der Waals surface area contributed by atoms with Crippen molar-refractivity contribution >= 4 is 17.4 Å². The maximum atomic E-state index is 13.5. The maximum Gasteiger partial charge on any atom is 0.274 e. The molecule has 3 aromatic rings. The maximum absolute atomic E-state index is 13.5. The third-order valence-electron chi connectivity index (χ3n) is 7.35. The molecule has 1 aliphatic heterocycles. The number of ether oxygens (including phenoxy) is 2. The number of nitrogens with one attached hydrogen (secondary N) is 1. The number of hydrogen-bond acceptors (Lipinski definition) is 6. The third kappa shape index (κ3) is 3.71. The fourth-order valence-electron chi connectivity index (χ4n) is 5.37. The molecule has 2 aliphatic carbocycles. The summed E-state index contributed by atoms with van der Waals surface area (Å²) in [6.07, 6.45) is 7.01. The van der Waals surface area contributed by atoms with Crippen LogP contribution in [-0.4, -0.2) is 49.3 Å². The standard InChI is InChI=1S/C25H28FN5O4/c1-14(2)35-21-15(20(32)27-17-5-4-8-31(22(17)33)18-9-16(18)26)10-30-11-19(28-23(30)29-21)25-7-6-24(3,12-25)34-13-25/h4-5,8,10-11,14,16,18H,6-7,9,12-13H2,1-3H3,(H,27,32)/t16-,18-,24-,25-/m0/s1. The van der Waals surface area contributed by atoms with E-state index in [0.717, 1.165) is 25.0 Å². The van der Waals surface area contributed by atoms with Gasteiger partial charge < -0.3 is 19.4 Å². The average Bonchev–Trinajstić information content (AvgIpc) is 3.12. The fourth-order valence-corrected chi connectivity index (χ4v) is 5.37. The van der Waals surface area contributed by atoms with Crippen LogP contribution in [0.1, 0.15) is 68.5 Å². The molecule has 10 heteroatoms. The number of alkyl halides is 1. The summed E-state index contributed by atoms with van der Waals surface area (Å²) in [4.78, 5) is 35.4. The molecule has 1 N–H and O–H groups in total. The van der Waals surface area contributed by atoms with Gasteiger partial charge in [0, 0.05) is 30.4 Å². The van der Waals surface area contributed by atoms with Crippen molar-refractivity contribution < 1.29 is 18.7 Å². The van der Waals surface area contributed by atoms with Crippen molar-refractivity contribution in [2.75, 3.05) is 11.9 Å². The first-order valence-corrected chi connectivity index (χ1v) is 12.0. The highest BCUT2D eigenvalue weighted by Crippen LogP contribution is 2.53. The van der Waals surface area contributed by atoms with Crippen molar-refractivity contribution in [3.8, 4) is 5.88 Å². The summed E-state index contributed by atoms with van der Waals surface area (Å²) in [5, 5.41) is 2.67. The van der Waals surface area contributed by atoms with Gasteiger partial charge in [-0.3, -0.25) is 14.0 Å². The zero-order valence-electron chi connectivity index (χ0n) is 20.0. The molecule has 6 rings (SSSR count). The molecular weight excluding hydrogens is 453 g/mol. The first-order valence-electron chi connectivity index (χ1n) is 12.0. The van der Waals surface area contributed by atoms with E-state index in [0.29, 0.717) is 18.8 Å². The Morgan fingerprint density at radius 1 is 1.31 bits per heavy atom. The molecule has 2 bridgehead atoms. The number of halogens is 1. The summed E-state index contributed by atoms with van der Waals surface area (Å²) in [6.45, 7) is 6.45. The summed E-state index contributed by atoms with van der Waals surface area (Å²) in [5.41, 5.74) is 0.458. The van der Waals surface area contributed by atoms with Crippen LogP contribution in [0.2, 0.25) is 0 Å². The van der Waals surface area contributed by atoms with Crippen LogP contribution in [0, 0.1) is 0 Å². The van der Waals surface area contributed by atoms with Crippen molar-refractivity contribution in [1.29, 1.82) is 0 Å². The Morgan fingerprint density at radius 2 is 2.11 bits per heavy atom. The van der Waals surface area contributed by atoms with Gasteiger partial charge in [-0.2, -0.15) is 4.98 Å². The fraction of sp³-hybridized carbons (Fsp3) is 0.520. The van der Waals surface area contributed by atoms with Crippen molar-refractivity contribution in [2.24, 2.45) is 0 Å². The van der Waals surface area contributed by atoms with Crippen LogP contribution in [-0.2, 0) is 10.2 Å². The van der Waals surface area contributed by atoms with Gasteiger partial charge in [0.25, 0.3) is 11.5 Å². The van der Waals surface area contributed by atoms with E-state index in [2.05, 4.69) is 17.2 Å². The third-order valence-corrected chi connectivity index (χ3v) is 7.35. The predicted octanol–water partition coefficient (Wildman–Crippen LogP) is 3.42. The van der Waals surface area contributed by atoms with E-state index in [1.165, 1.54) is 16.8 Å². The van der Waals surface area contributed by atoms with Gasteiger partial charge in [-0.1, -0.05) is 0 Å². The van der Waals surface area contributed by atoms with Crippen molar-refractivity contribution in [3.63, 3.8) is 0 Å². The second-order valence-electron chi connectivity index (χ2n) is 10.6. The molecule has 1 saturated heterocycles. The minimum atomic E-state index is -1.03. The Morgan fingerprint density at radius 3 is 2.74 bits per heavy atom. The van der Waals surface area contributed by atoms with Gasteiger partial charge in [-0.25, -0.2) is 9.37 Å². The molecule has 9 nitrogen and oxygen atoms in total. The number of aromatic nitrogens is 4. The summed E-state index contributed by atoms with van der Waals surface area (Å²) in [7, 11) is 0. The molecule has 0 spiro atoms. The molecule has 3 fully saturated rings. The number of carbonyl (C=O) groups excluding carboxylic acids is 1. The number of nitrogens with zero attached hydrogens (tertiary/aromatic N) is 4. The average molecular weight is 482 g/mol. The van der Waals surface area contributed by atoms with Crippen LogP contribution in [0.4, 0.5) is 10.1 Å². The molecule has 3 aliphatic rings. The van der Waals surface area contributed by atoms with Gasteiger partial charge >= 0.3 is 0 Å². The van der Waals surface area contributed by atoms with Gasteiger partial charge in [0.05, 0.1) is 30.0 Å². The molecule has 1 amide bonds. The first-order chi connectivity index (χ1) is 16.7. The molecular formula is C25H28FN5O4. The van der Waals surface area contributed by atoms with E-state index in [9.17, 15) is 14.0 Å². The topological polar surface area (TPSA) is 99.8 Å². The van der Waals surface area contributed by atoms with E-state index in [1.807, 2.05) is 20.0 Å². The highest BCUT2D eigenvalue weighted by atomic mass is 19.1. The molecule has 4 atom stereocenters. The normalized spacial score (nSPS) is 29.2. The monoisotopic (exact) mass is 481 g/mol. The first kappa shape index (κ1) is 22.2. The van der Waals surface area contributed by atoms with Gasteiger partial charge in [-0.15, -0.1) is 0 Å². The number of rotatable bonds is 6. The van der Waals surface area contributed by atoms with Crippen LogP contribution in [0.5, 0.6) is 5.88 Å². The van der Waals surface area contributed by atoms with Crippen LogP contribution < -0.4 is 15.6 Å². The second-order valence-corrected chi connectivity index (χ2v) is 10.6. The zero-order valence-corrected chi connectivity index (χ0v) is 20.0. The summed E-state index contributed by atoms with van der Waals surface area (Å²) >= 11 is 0. The number of pyridine rings is 1. The molecule has 0 radical (unpaired) electrons. The van der Waals surface area contributed by atoms with Crippen LogP contribution in [0.15, 0.2) is 35.5 Å². The van der Waals surface area contributed by atoms with E-state index in [4.69, 9.17) is 14.5 Å². The SMILES string of the molecule is CC(C)Oc1nc2nc([C@@]34CC[C@@](C)(C3)OC4)cn2cc1C(=O)Nc1cccn([C@H]2C[C@@H]2F)c1=O. The Bertz CT molecular complexity index is 1390. The van der Waals surface area contributed by atoms with E-state index < -0.39 is 23.7 Å². The van der Waals surface area contributed by atoms with Crippen LogP contribution in [0.3, 0.4) is 0 Å². The van der Waals surface area contributed by atoms with Crippen molar-refractivity contribution in [3.05, 3.63) is 52.3 Å². The molecule has 184 valence electrons. The Kier molecular flexibility index (Phi) is 4.83. The smallest absolute Gasteiger partial charge is 0.274 e. The van der Waals surface area contributed by atoms with E-state index in [-0.39, 0.29) is 34.3 Å². The number of carbonyl (C=O) groups is 1. The number of hydrogen-bond donors (Lipinski definition) is 1. The van der Waals surface area contributed by atoms with Gasteiger partial charge in [0.15, 0.2) is 0 Å². The predicted molar refractivity (Wildman–Crippen MR) is 126 cm³/mol. The molecule has 35 heavy (non-hydrogen) atoms. The summed E-state index contributed by atoms with van der Waals surface area (Å²) in [5.74, 6) is 0.0382. The Balaban J connectivity index is 1.35. The number of anilines is 1. The lowest BCUT2D eigenvalue weighted by Crippen LogP contribution is -2.26. The van der Waals surface area contributed by atoms with E-state index in [1.54, 1.807) is 16.7 Å². The minimum absolute atomic E-state index is 0.0748. The summed E-state index contributed by atoms with van der Waals surface area (Å²) in [6, 6.07) is 2.65. The number of fused-ring (bicyclic) bond motifs is 3. The lowest BCUT2D eigenvalue weighted by Gasteiger charge is -2.24. The molecule has 3 aromatic heterocycles. The largest absolute Gasteiger partial charge is 0.474 e. The van der Waals surface area contributed by atoms with Gasteiger partial charge in [-0.05, 0) is 52.2 Å². The Labute approximate surface area is 201 Å².